The van der Waals surface area contributed by atoms with Gasteiger partial charge in [0.05, 0.1) is 0 Å². The Labute approximate surface area is 55.4 Å². The highest BCUT2D eigenvalue weighted by atomic mass is 35.5. The van der Waals surface area contributed by atoms with Gasteiger partial charge in [-0.25, -0.2) is 0 Å². The Bertz CT molecular complexity index is 47.7. The van der Waals surface area contributed by atoms with Gasteiger partial charge in [-0.1, -0.05) is 6.92 Å². The maximum Gasteiger partial charge on any atom is 0.209 e. The van der Waals surface area contributed by atoms with Crippen LogP contribution in [0, 0.1) is 0 Å². The molecular weight excluding hydrogens is 126 g/mol. The lowest BCUT2D eigenvalue weighted by Crippen LogP contribution is -2.06. The second-order valence-electron chi connectivity index (χ2n) is 1.34. The van der Waals surface area contributed by atoms with Gasteiger partial charge in [-0.15, -0.1) is 11.6 Å². The zero-order valence-corrected chi connectivity index (χ0v) is 6.27. The second kappa shape index (κ2) is 9.90. The first-order valence-corrected chi connectivity index (χ1v) is 2.90. The summed E-state index contributed by atoms with van der Waals surface area (Å²) < 4.78 is 0. The lowest BCUT2D eigenvalue weighted by atomic mass is 11.0. The Morgan fingerprint density at radius 1 is 1.62 bits per heavy atom. The van der Waals surface area contributed by atoms with Crippen LogP contribution in [0.15, 0.2) is 0 Å². The number of alkyl halides is 1. The van der Waals surface area contributed by atoms with Crippen molar-refractivity contribution in [2.75, 3.05) is 20.0 Å². The molecule has 3 heteroatoms. The first-order chi connectivity index (χ1) is 3.68. The van der Waals surface area contributed by atoms with E-state index in [2.05, 4.69) is 0 Å². The number of amides is 1. The summed E-state index contributed by atoms with van der Waals surface area (Å²) in [6.45, 7) is 1.89. The van der Waals surface area contributed by atoms with Crippen molar-refractivity contribution in [3.8, 4) is 0 Å². The molecule has 0 atom stereocenters. The van der Waals surface area contributed by atoms with Gasteiger partial charge in [-0.3, -0.25) is 4.79 Å². The molecule has 0 aliphatic rings. The number of nitrogens with zero attached hydrogens (tertiary/aromatic N) is 1. The van der Waals surface area contributed by atoms with Crippen LogP contribution in [-0.2, 0) is 4.79 Å². The minimum atomic E-state index is 0.722. The predicted molar refractivity (Wildman–Crippen MR) is 36.1 cm³/mol. The van der Waals surface area contributed by atoms with Gasteiger partial charge in [0, 0.05) is 20.0 Å². The Balaban J connectivity index is 0. The molecule has 0 saturated carbocycles. The number of carbonyl (C=O) groups excluding carboxylic acids is 1. The molecule has 0 saturated heterocycles. The van der Waals surface area contributed by atoms with Gasteiger partial charge >= 0.3 is 0 Å². The molecule has 0 unspecified atom stereocenters. The van der Waals surface area contributed by atoms with Crippen molar-refractivity contribution in [2.45, 2.75) is 6.92 Å². The van der Waals surface area contributed by atoms with Crippen LogP contribution in [0.3, 0.4) is 0 Å². The van der Waals surface area contributed by atoms with Crippen LogP contribution in [0.2, 0.25) is 0 Å². The number of rotatable bonds is 1. The number of halogens is 1. The summed E-state index contributed by atoms with van der Waals surface area (Å²) in [6.07, 6.45) is 0.750. The third kappa shape index (κ3) is 42.1. The predicted octanol–water partition coefficient (Wildman–Crippen LogP) is 0.950. The molecule has 0 heterocycles. The van der Waals surface area contributed by atoms with Crippen molar-refractivity contribution in [1.29, 1.82) is 0 Å². The maximum atomic E-state index is 9.43. The van der Waals surface area contributed by atoms with Crippen molar-refractivity contribution >= 4 is 18.0 Å². The molecule has 0 fully saturated rings. The standard InChI is InChI=1S/C3H7NO.C2H5Cl/c1-4(2)3-5;1-2-3/h3H,1-2H3;2H2,1H3. The van der Waals surface area contributed by atoms with Crippen LogP contribution in [0.5, 0.6) is 0 Å². The van der Waals surface area contributed by atoms with E-state index in [0.717, 1.165) is 12.3 Å². The lowest BCUT2D eigenvalue weighted by molar-refractivity contribution is -0.115. The molecule has 0 aromatic carbocycles. The molecule has 0 aliphatic heterocycles. The number of hydrogen-bond acceptors (Lipinski definition) is 1. The monoisotopic (exact) mass is 137 g/mol. The van der Waals surface area contributed by atoms with Crippen LogP contribution in [0.4, 0.5) is 0 Å². The van der Waals surface area contributed by atoms with Crippen molar-refractivity contribution in [1.82, 2.24) is 4.90 Å². The molecule has 50 valence electrons. The van der Waals surface area contributed by atoms with E-state index in [0.29, 0.717) is 0 Å². The number of hydrogen-bond donors (Lipinski definition) is 0. The summed E-state index contributed by atoms with van der Waals surface area (Å²) in [5.41, 5.74) is 0. The van der Waals surface area contributed by atoms with E-state index >= 15 is 0 Å². The van der Waals surface area contributed by atoms with Gasteiger partial charge < -0.3 is 4.90 Å². The highest BCUT2D eigenvalue weighted by molar-refractivity contribution is 6.17. The highest BCUT2D eigenvalue weighted by Gasteiger charge is 1.68. The topological polar surface area (TPSA) is 20.3 Å². The summed E-state index contributed by atoms with van der Waals surface area (Å²) in [6, 6.07) is 0. The van der Waals surface area contributed by atoms with E-state index < -0.39 is 0 Å². The molecule has 0 aromatic rings. The van der Waals surface area contributed by atoms with Crippen LogP contribution >= 0.6 is 11.6 Å². The van der Waals surface area contributed by atoms with Crippen molar-refractivity contribution in [3.05, 3.63) is 0 Å². The lowest BCUT2D eigenvalue weighted by Gasteiger charge is -1.93. The van der Waals surface area contributed by atoms with E-state index in [9.17, 15) is 4.79 Å². The third-order valence-electron chi connectivity index (χ3n) is 0.211. The maximum absolute atomic E-state index is 9.43. The molecule has 0 aliphatic carbocycles. The molecule has 0 radical (unpaired) electrons. The zero-order chi connectivity index (χ0) is 6.99. The van der Waals surface area contributed by atoms with Crippen molar-refractivity contribution < 1.29 is 4.79 Å². The van der Waals surface area contributed by atoms with Gasteiger partial charge in [0.1, 0.15) is 0 Å². The summed E-state index contributed by atoms with van der Waals surface area (Å²) in [5, 5.41) is 0. The average Bonchev–Trinajstić information content (AvgIpc) is 1.69. The number of carbonyl (C=O) groups is 1. The van der Waals surface area contributed by atoms with Crippen molar-refractivity contribution in [3.63, 3.8) is 0 Å². The van der Waals surface area contributed by atoms with Gasteiger partial charge in [0.2, 0.25) is 6.41 Å². The van der Waals surface area contributed by atoms with Gasteiger partial charge in [-0.05, 0) is 0 Å². The van der Waals surface area contributed by atoms with E-state index in [-0.39, 0.29) is 0 Å². The second-order valence-corrected chi connectivity index (χ2v) is 1.87. The molecule has 0 spiro atoms. The summed E-state index contributed by atoms with van der Waals surface area (Å²) in [5.74, 6) is 0.722. The molecule has 0 aromatic heterocycles. The molecule has 0 rings (SSSR count). The Hall–Kier alpha value is -0.240. The van der Waals surface area contributed by atoms with Gasteiger partial charge in [0.25, 0.3) is 0 Å². The Kier molecular flexibility index (Phi) is 13.2. The van der Waals surface area contributed by atoms with Gasteiger partial charge in [-0.2, -0.15) is 0 Å². The van der Waals surface area contributed by atoms with E-state index in [1.54, 1.807) is 14.1 Å². The largest absolute Gasteiger partial charge is 0.351 e. The molecule has 0 bridgehead atoms. The first-order valence-electron chi connectivity index (χ1n) is 2.36. The van der Waals surface area contributed by atoms with Crippen LogP contribution in [0.1, 0.15) is 6.92 Å². The quantitative estimate of drug-likeness (QED) is 0.389. The molecule has 8 heavy (non-hydrogen) atoms. The third-order valence-corrected chi connectivity index (χ3v) is 0.211. The first kappa shape index (κ1) is 10.7. The normalized spacial score (nSPS) is 6.50. The fourth-order valence-electron chi connectivity index (χ4n) is 0. The minimum Gasteiger partial charge on any atom is -0.351 e. The van der Waals surface area contributed by atoms with Crippen LogP contribution in [0.25, 0.3) is 0 Å². The van der Waals surface area contributed by atoms with Crippen LogP contribution in [-0.4, -0.2) is 31.3 Å². The highest BCUT2D eigenvalue weighted by Crippen LogP contribution is 1.59. The fourth-order valence-corrected chi connectivity index (χ4v) is 0. The van der Waals surface area contributed by atoms with E-state index in [1.165, 1.54) is 4.90 Å². The SMILES string of the molecule is CCCl.CN(C)C=O. The molecule has 2 nitrogen and oxygen atoms in total. The summed E-state index contributed by atoms with van der Waals surface area (Å²) in [7, 11) is 3.38. The summed E-state index contributed by atoms with van der Waals surface area (Å²) in [4.78, 5) is 10.9. The van der Waals surface area contributed by atoms with Crippen LogP contribution < -0.4 is 0 Å². The zero-order valence-electron chi connectivity index (χ0n) is 5.52. The molecule has 1 amide bonds. The van der Waals surface area contributed by atoms with E-state index in [1.807, 2.05) is 6.92 Å². The van der Waals surface area contributed by atoms with Crippen molar-refractivity contribution in [2.24, 2.45) is 0 Å². The van der Waals surface area contributed by atoms with Gasteiger partial charge in [0.15, 0.2) is 0 Å². The Morgan fingerprint density at radius 2 is 1.75 bits per heavy atom. The average molecular weight is 138 g/mol. The fraction of sp³-hybridized carbons (Fsp3) is 0.800. The molecule has 0 N–H and O–H groups in total. The van der Waals surface area contributed by atoms with E-state index in [4.69, 9.17) is 11.6 Å². The minimum absolute atomic E-state index is 0.722. The molecular formula is C5H12ClNO. The summed E-state index contributed by atoms with van der Waals surface area (Å²) >= 11 is 5.00. The smallest absolute Gasteiger partial charge is 0.209 e. The Morgan fingerprint density at radius 3 is 1.75 bits per heavy atom.